The highest BCUT2D eigenvalue weighted by Crippen LogP contribution is 2.05. The van der Waals surface area contributed by atoms with Gasteiger partial charge < -0.3 is 4.42 Å². The topological polar surface area (TPSA) is 13.1 Å². The van der Waals surface area contributed by atoms with Crippen molar-refractivity contribution in [1.82, 2.24) is 0 Å². The van der Waals surface area contributed by atoms with Gasteiger partial charge in [0.25, 0.3) is 0 Å². The molecule has 2 heterocycles. The van der Waals surface area contributed by atoms with E-state index in [2.05, 4.69) is 0 Å². The molecule has 0 aromatic rings. The highest BCUT2D eigenvalue weighted by molar-refractivity contribution is 7.07. The minimum atomic E-state index is 1.02. The SMILES string of the molecule is c1cc2oc=2ccs1. The van der Waals surface area contributed by atoms with E-state index in [1.807, 2.05) is 22.9 Å². The molecule has 2 heteroatoms. The molecule has 0 aromatic heterocycles. The molecule has 0 amide bonds. The molecule has 0 aliphatic carbocycles. The summed E-state index contributed by atoms with van der Waals surface area (Å²) in [7, 11) is 0. The minimum Gasteiger partial charge on any atom is -0.449 e. The van der Waals surface area contributed by atoms with Crippen LogP contribution in [0.3, 0.4) is 0 Å². The smallest absolute Gasteiger partial charge is 0.170 e. The fraction of sp³-hybridized carbons (Fsp3) is 0. The first kappa shape index (κ1) is 4.15. The third-order valence-corrected chi connectivity index (χ3v) is 1.60. The molecule has 0 atom stereocenters. The lowest BCUT2D eigenvalue weighted by Crippen LogP contribution is -1.29. The summed E-state index contributed by atoms with van der Waals surface area (Å²) in [5.74, 6) is 0. The highest BCUT2D eigenvalue weighted by atomic mass is 32.1. The monoisotopic (exact) mass is 124 g/mol. The van der Waals surface area contributed by atoms with Crippen LogP contribution in [0.15, 0.2) is 27.3 Å². The molecule has 2 aliphatic rings. The van der Waals surface area contributed by atoms with Crippen molar-refractivity contribution in [3.63, 3.8) is 0 Å². The first-order valence-electron chi connectivity index (χ1n) is 2.37. The number of rotatable bonds is 0. The molecule has 0 radical (unpaired) electrons. The lowest BCUT2D eigenvalue weighted by Gasteiger charge is -1.58. The second-order valence-corrected chi connectivity index (χ2v) is 2.39. The van der Waals surface area contributed by atoms with Crippen molar-refractivity contribution in [3.05, 3.63) is 33.7 Å². The van der Waals surface area contributed by atoms with E-state index < -0.39 is 0 Å². The van der Waals surface area contributed by atoms with Crippen molar-refractivity contribution in [3.8, 4) is 0 Å². The summed E-state index contributed by atoms with van der Waals surface area (Å²) in [6.45, 7) is 0. The zero-order chi connectivity index (χ0) is 5.40. The number of hydrogen-bond acceptors (Lipinski definition) is 2. The second-order valence-electron chi connectivity index (χ2n) is 1.57. The van der Waals surface area contributed by atoms with Crippen LogP contribution < -0.4 is 0 Å². The molecule has 40 valence electrons. The Morgan fingerprint density at radius 3 is 2.38 bits per heavy atom. The molecule has 0 N–H and O–H groups in total. The molecule has 2 aliphatic heterocycles. The molecule has 0 bridgehead atoms. The quantitative estimate of drug-likeness (QED) is 0.524. The van der Waals surface area contributed by atoms with Crippen molar-refractivity contribution < 1.29 is 4.42 Å². The van der Waals surface area contributed by atoms with E-state index in [-0.39, 0.29) is 0 Å². The molecule has 0 saturated heterocycles. The zero-order valence-corrected chi connectivity index (χ0v) is 4.94. The van der Waals surface area contributed by atoms with Gasteiger partial charge >= 0.3 is 0 Å². The standard InChI is InChI=1S/C6H4OS/c1-3-8-4-2-6-5(1)7-6/h1-4H. The van der Waals surface area contributed by atoms with Crippen molar-refractivity contribution in [1.29, 1.82) is 0 Å². The van der Waals surface area contributed by atoms with Crippen molar-refractivity contribution in [2.45, 2.75) is 0 Å². The first-order chi connectivity index (χ1) is 3.97. The van der Waals surface area contributed by atoms with Crippen LogP contribution in [-0.2, 0) is 0 Å². The molecule has 0 saturated carbocycles. The third-order valence-electron chi connectivity index (χ3n) is 1.02. The van der Waals surface area contributed by atoms with Gasteiger partial charge in [0.15, 0.2) is 10.8 Å². The van der Waals surface area contributed by atoms with Gasteiger partial charge in [-0.25, -0.2) is 0 Å². The van der Waals surface area contributed by atoms with Gasteiger partial charge in [-0.2, -0.15) is 11.3 Å². The summed E-state index contributed by atoms with van der Waals surface area (Å²) in [6.07, 6.45) is 0. The Morgan fingerprint density at radius 2 is 1.75 bits per heavy atom. The number of hydrogen-bond donors (Lipinski definition) is 0. The lowest BCUT2D eigenvalue weighted by atomic mass is 10.6. The minimum absolute atomic E-state index is 1.02. The molecule has 0 aromatic carbocycles. The molecular weight excluding hydrogens is 120 g/mol. The predicted molar refractivity (Wildman–Crippen MR) is 31.9 cm³/mol. The Hall–Kier alpha value is -0.760. The maximum Gasteiger partial charge on any atom is 0.170 e. The Balaban J connectivity index is 2.93. The van der Waals surface area contributed by atoms with Crippen LogP contribution in [0.25, 0.3) is 0 Å². The Kier molecular flexibility index (Phi) is 0.704. The summed E-state index contributed by atoms with van der Waals surface area (Å²) < 4.78 is 5.00. The maximum atomic E-state index is 5.00. The van der Waals surface area contributed by atoms with E-state index in [9.17, 15) is 0 Å². The average molecular weight is 124 g/mol. The normalized spacial score (nSPS) is 10.5. The van der Waals surface area contributed by atoms with Crippen LogP contribution in [0.1, 0.15) is 0 Å². The van der Waals surface area contributed by atoms with E-state index in [1.54, 1.807) is 11.3 Å². The zero-order valence-electron chi connectivity index (χ0n) is 4.13. The summed E-state index contributed by atoms with van der Waals surface area (Å²) >= 11 is 1.67. The van der Waals surface area contributed by atoms with Gasteiger partial charge in [0, 0.05) is 0 Å². The van der Waals surface area contributed by atoms with Gasteiger partial charge in [-0.15, -0.1) is 0 Å². The van der Waals surface area contributed by atoms with Crippen LogP contribution in [0.2, 0.25) is 0 Å². The maximum absolute atomic E-state index is 5.00. The van der Waals surface area contributed by atoms with Crippen molar-refractivity contribution in [2.24, 2.45) is 0 Å². The van der Waals surface area contributed by atoms with Gasteiger partial charge in [0.2, 0.25) is 0 Å². The fourth-order valence-corrected chi connectivity index (χ4v) is 1.07. The first-order valence-corrected chi connectivity index (χ1v) is 3.32. The summed E-state index contributed by atoms with van der Waals surface area (Å²) in [5, 5.41) is 4.01. The van der Waals surface area contributed by atoms with Gasteiger partial charge in [0.1, 0.15) is 0 Å². The van der Waals surface area contributed by atoms with Crippen LogP contribution in [0, 0.1) is 10.8 Å². The van der Waals surface area contributed by atoms with Gasteiger partial charge in [0.05, 0.1) is 0 Å². The van der Waals surface area contributed by atoms with Crippen molar-refractivity contribution >= 4 is 11.3 Å². The van der Waals surface area contributed by atoms with Gasteiger partial charge in [-0.1, -0.05) is 0 Å². The molecule has 0 spiro atoms. The van der Waals surface area contributed by atoms with E-state index in [0.29, 0.717) is 0 Å². The van der Waals surface area contributed by atoms with E-state index in [4.69, 9.17) is 4.42 Å². The van der Waals surface area contributed by atoms with Crippen LogP contribution in [0.5, 0.6) is 0 Å². The fourth-order valence-electron chi connectivity index (χ4n) is 0.573. The summed E-state index contributed by atoms with van der Waals surface area (Å²) in [4.78, 5) is 0. The van der Waals surface area contributed by atoms with Crippen LogP contribution in [-0.4, -0.2) is 0 Å². The van der Waals surface area contributed by atoms with Gasteiger partial charge in [-0.3, -0.25) is 0 Å². The summed E-state index contributed by atoms with van der Waals surface area (Å²) in [5.41, 5.74) is 2.04. The lowest BCUT2D eigenvalue weighted by molar-refractivity contribution is 0.641. The van der Waals surface area contributed by atoms with E-state index in [1.165, 1.54) is 0 Å². The second kappa shape index (κ2) is 1.36. The van der Waals surface area contributed by atoms with E-state index in [0.717, 1.165) is 10.8 Å². The highest BCUT2D eigenvalue weighted by Gasteiger charge is 1.92. The molecule has 0 fully saturated rings. The third kappa shape index (κ3) is 0.537. The summed E-state index contributed by atoms with van der Waals surface area (Å²) in [6, 6.07) is 3.94. The molecule has 2 rings (SSSR count). The largest absolute Gasteiger partial charge is 0.449 e. The Morgan fingerprint density at radius 1 is 1.12 bits per heavy atom. The Bertz CT molecular complexity index is 290. The van der Waals surface area contributed by atoms with Gasteiger partial charge in [-0.05, 0) is 22.9 Å². The molecule has 8 heavy (non-hydrogen) atoms. The van der Waals surface area contributed by atoms with Crippen LogP contribution >= 0.6 is 11.3 Å². The van der Waals surface area contributed by atoms with E-state index >= 15 is 0 Å². The molecule has 1 nitrogen and oxygen atoms in total. The predicted octanol–water partition coefficient (Wildman–Crippen LogP) is 2.07. The Labute approximate surface area is 50.2 Å². The van der Waals surface area contributed by atoms with Crippen molar-refractivity contribution in [2.75, 3.05) is 0 Å². The average Bonchev–Trinajstić information content (AvgIpc) is 2.36. The molecule has 0 unspecified atom stereocenters. The molecular formula is C6H4OS. The van der Waals surface area contributed by atoms with Crippen LogP contribution in [0.4, 0.5) is 0 Å².